The van der Waals surface area contributed by atoms with Gasteiger partial charge in [-0.2, -0.15) is 0 Å². The first kappa shape index (κ1) is 8.78. The zero-order chi connectivity index (χ0) is 8.97. The van der Waals surface area contributed by atoms with Gasteiger partial charge in [0.05, 0.1) is 7.11 Å². The Labute approximate surface area is 72.2 Å². The Bertz CT molecular complexity index is 262. The maximum atomic E-state index is 11.1. The normalized spacial score (nSPS) is 9.50. The molecular weight excluding hydrogens is 152 g/mol. The van der Waals surface area contributed by atoms with Crippen LogP contribution in [0.25, 0.3) is 0 Å². The van der Waals surface area contributed by atoms with E-state index in [4.69, 9.17) is 4.74 Å². The summed E-state index contributed by atoms with van der Waals surface area (Å²) in [5.74, 6) is 0.813. The Hall–Kier alpha value is -1.31. The molecule has 0 bridgehead atoms. The van der Waals surface area contributed by atoms with Crippen LogP contribution in [0.4, 0.5) is 0 Å². The van der Waals surface area contributed by atoms with Crippen molar-refractivity contribution in [2.45, 2.75) is 6.42 Å². The van der Waals surface area contributed by atoms with Crippen LogP contribution < -0.4 is 4.74 Å². The Morgan fingerprint density at radius 3 is 2.42 bits per heavy atom. The summed E-state index contributed by atoms with van der Waals surface area (Å²) in [4.78, 5) is 11.1. The Balaban J connectivity index is 2.84. The highest BCUT2D eigenvalue weighted by molar-refractivity contribution is 5.96. The van der Waals surface area contributed by atoms with Crippen LogP contribution >= 0.6 is 0 Å². The van der Waals surface area contributed by atoms with E-state index >= 15 is 0 Å². The largest absolute Gasteiger partial charge is 0.497 e. The maximum Gasteiger partial charge on any atom is 0.162 e. The van der Waals surface area contributed by atoms with Gasteiger partial charge in [-0.3, -0.25) is 4.79 Å². The van der Waals surface area contributed by atoms with Crippen LogP contribution in [0.2, 0.25) is 0 Å². The quantitative estimate of drug-likeness (QED) is 0.638. The minimum Gasteiger partial charge on any atom is -0.497 e. The lowest BCUT2D eigenvalue weighted by atomic mass is 10.1. The molecule has 0 amide bonds. The number of ether oxygens (including phenoxy) is 1. The van der Waals surface area contributed by atoms with E-state index < -0.39 is 0 Å². The van der Waals surface area contributed by atoms with Crippen molar-refractivity contribution in [3.63, 3.8) is 0 Å². The molecule has 0 aliphatic rings. The molecule has 0 heterocycles. The molecule has 0 aliphatic carbocycles. The van der Waals surface area contributed by atoms with E-state index in [1.165, 1.54) is 0 Å². The number of Topliss-reactive ketones (excluding diaryl/α,β-unsaturated/α-hetero) is 1. The van der Waals surface area contributed by atoms with Crippen molar-refractivity contribution in [1.82, 2.24) is 0 Å². The number of methoxy groups -OCH3 is 1. The lowest BCUT2D eigenvalue weighted by molar-refractivity contribution is 0.0995. The summed E-state index contributed by atoms with van der Waals surface area (Å²) < 4.78 is 4.96. The van der Waals surface area contributed by atoms with Crippen LogP contribution in [-0.4, -0.2) is 12.9 Å². The third-order valence-electron chi connectivity index (χ3n) is 1.64. The zero-order valence-corrected chi connectivity index (χ0v) is 7.04. The number of rotatable bonds is 3. The van der Waals surface area contributed by atoms with E-state index in [-0.39, 0.29) is 5.78 Å². The highest BCUT2D eigenvalue weighted by Crippen LogP contribution is 2.12. The molecule has 0 aliphatic heterocycles. The average molecular weight is 163 g/mol. The molecule has 2 heteroatoms. The molecule has 0 unspecified atom stereocenters. The van der Waals surface area contributed by atoms with Gasteiger partial charge in [0.2, 0.25) is 0 Å². The predicted molar refractivity (Wildman–Crippen MR) is 47.3 cm³/mol. The van der Waals surface area contributed by atoms with Gasteiger partial charge < -0.3 is 4.74 Å². The predicted octanol–water partition coefficient (Wildman–Crippen LogP) is 2.10. The Morgan fingerprint density at radius 1 is 1.42 bits per heavy atom. The maximum absolute atomic E-state index is 11.1. The second-order valence-corrected chi connectivity index (χ2v) is 2.40. The Morgan fingerprint density at radius 2 is 2.00 bits per heavy atom. The first-order valence-corrected chi connectivity index (χ1v) is 3.74. The highest BCUT2D eigenvalue weighted by Gasteiger charge is 2.01. The molecule has 1 radical (unpaired) electrons. The molecule has 2 nitrogen and oxygen atoms in total. The monoisotopic (exact) mass is 163 g/mol. The molecule has 0 saturated heterocycles. The van der Waals surface area contributed by atoms with Gasteiger partial charge in [0.1, 0.15) is 5.75 Å². The van der Waals surface area contributed by atoms with Crippen LogP contribution in [0.15, 0.2) is 24.3 Å². The minimum absolute atomic E-state index is 0.0534. The number of benzene rings is 1. The third kappa shape index (κ3) is 1.84. The molecule has 1 aromatic carbocycles. The van der Waals surface area contributed by atoms with Crippen molar-refractivity contribution in [2.75, 3.05) is 7.11 Å². The van der Waals surface area contributed by atoms with Crippen molar-refractivity contribution in [1.29, 1.82) is 0 Å². The topological polar surface area (TPSA) is 26.3 Å². The molecule has 12 heavy (non-hydrogen) atoms. The molecule has 1 aromatic rings. The van der Waals surface area contributed by atoms with Crippen LogP contribution in [0, 0.1) is 6.92 Å². The summed E-state index contributed by atoms with van der Waals surface area (Å²) in [7, 11) is 1.60. The van der Waals surface area contributed by atoms with E-state index in [0.717, 1.165) is 5.75 Å². The summed E-state index contributed by atoms with van der Waals surface area (Å²) in [6.45, 7) is 3.52. The fourth-order valence-corrected chi connectivity index (χ4v) is 0.921. The van der Waals surface area contributed by atoms with E-state index in [2.05, 4.69) is 6.92 Å². The van der Waals surface area contributed by atoms with Gasteiger partial charge in [-0.15, -0.1) is 0 Å². The molecule has 0 atom stereocenters. The standard InChI is InChI=1S/C10H11O2/c1-3-10(11)8-4-6-9(12-2)7-5-8/h4-7H,1,3H2,2H3. The molecule has 1 rings (SSSR count). The Kier molecular flexibility index (Phi) is 2.86. The van der Waals surface area contributed by atoms with Gasteiger partial charge in [0.25, 0.3) is 0 Å². The molecule has 0 spiro atoms. The number of ketones is 1. The summed E-state index contributed by atoms with van der Waals surface area (Å²) in [6.07, 6.45) is 0.298. The van der Waals surface area contributed by atoms with E-state index in [0.29, 0.717) is 12.0 Å². The van der Waals surface area contributed by atoms with Crippen molar-refractivity contribution in [3.05, 3.63) is 36.8 Å². The zero-order valence-electron chi connectivity index (χ0n) is 7.04. The third-order valence-corrected chi connectivity index (χ3v) is 1.64. The summed E-state index contributed by atoms with van der Waals surface area (Å²) >= 11 is 0. The second kappa shape index (κ2) is 3.90. The molecule has 0 saturated carbocycles. The first-order valence-electron chi connectivity index (χ1n) is 3.74. The smallest absolute Gasteiger partial charge is 0.162 e. The van der Waals surface area contributed by atoms with Gasteiger partial charge in [-0.25, -0.2) is 0 Å². The highest BCUT2D eigenvalue weighted by atomic mass is 16.5. The van der Waals surface area contributed by atoms with Crippen molar-refractivity contribution in [2.24, 2.45) is 0 Å². The number of carbonyl (C=O) groups excluding carboxylic acids is 1. The van der Waals surface area contributed by atoms with Crippen molar-refractivity contribution < 1.29 is 9.53 Å². The van der Waals surface area contributed by atoms with Gasteiger partial charge in [0, 0.05) is 12.0 Å². The fraction of sp³-hybridized carbons (Fsp3) is 0.200. The van der Waals surface area contributed by atoms with E-state index in [1.807, 2.05) is 0 Å². The SMILES string of the molecule is [CH2]CC(=O)c1ccc(OC)cc1. The summed E-state index contributed by atoms with van der Waals surface area (Å²) in [5, 5.41) is 0. The lowest BCUT2D eigenvalue weighted by Crippen LogP contribution is -1.95. The first-order chi connectivity index (χ1) is 5.77. The van der Waals surface area contributed by atoms with Gasteiger partial charge in [0.15, 0.2) is 5.78 Å². The molecule has 63 valence electrons. The van der Waals surface area contributed by atoms with Gasteiger partial charge in [-0.05, 0) is 31.2 Å². The van der Waals surface area contributed by atoms with Gasteiger partial charge >= 0.3 is 0 Å². The molecule has 0 fully saturated rings. The second-order valence-electron chi connectivity index (χ2n) is 2.40. The van der Waals surface area contributed by atoms with Gasteiger partial charge in [-0.1, -0.05) is 0 Å². The number of carbonyl (C=O) groups is 1. The molecule has 0 aromatic heterocycles. The van der Waals surface area contributed by atoms with E-state index in [9.17, 15) is 4.79 Å². The summed E-state index contributed by atoms with van der Waals surface area (Å²) in [5.41, 5.74) is 0.686. The fourth-order valence-electron chi connectivity index (χ4n) is 0.921. The number of hydrogen-bond donors (Lipinski definition) is 0. The van der Waals surface area contributed by atoms with Crippen LogP contribution in [-0.2, 0) is 0 Å². The van der Waals surface area contributed by atoms with Crippen LogP contribution in [0.5, 0.6) is 5.75 Å². The van der Waals surface area contributed by atoms with Crippen LogP contribution in [0.1, 0.15) is 16.8 Å². The minimum atomic E-state index is 0.0534. The number of hydrogen-bond acceptors (Lipinski definition) is 2. The van der Waals surface area contributed by atoms with Crippen molar-refractivity contribution >= 4 is 5.78 Å². The van der Waals surface area contributed by atoms with E-state index in [1.54, 1.807) is 31.4 Å². The summed E-state index contributed by atoms with van der Waals surface area (Å²) in [6, 6.07) is 7.02. The molecular formula is C10H11O2. The average Bonchev–Trinajstić information content (AvgIpc) is 2.17. The lowest BCUT2D eigenvalue weighted by Gasteiger charge is -2.00. The van der Waals surface area contributed by atoms with Crippen LogP contribution in [0.3, 0.4) is 0 Å². The van der Waals surface area contributed by atoms with Crippen molar-refractivity contribution in [3.8, 4) is 5.75 Å². The molecule has 0 N–H and O–H groups in total.